The molecule has 1 aliphatic heterocycles. The molecule has 0 aliphatic carbocycles. The van der Waals surface area contributed by atoms with Crippen LogP contribution in [0.1, 0.15) is 43.4 Å². The number of hydrogen-bond acceptors (Lipinski definition) is 6. The number of amides is 2. The molecule has 40 heavy (non-hydrogen) atoms. The number of nitrogens with one attached hydrogen (secondary N) is 1. The molecule has 0 atom stereocenters. The van der Waals surface area contributed by atoms with Crippen LogP contribution in [0.25, 0.3) is 11.0 Å². The van der Waals surface area contributed by atoms with Gasteiger partial charge in [0.25, 0.3) is 5.56 Å². The number of anilines is 2. The largest absolute Gasteiger partial charge is 0.461 e. The molecular weight excluding hydrogens is 506 g/mol. The zero-order valence-electron chi connectivity index (χ0n) is 23.7. The lowest BCUT2D eigenvalue weighted by atomic mass is 9.91. The summed E-state index contributed by atoms with van der Waals surface area (Å²) in [6.45, 7) is 11.8. The van der Waals surface area contributed by atoms with Gasteiger partial charge >= 0.3 is 0 Å². The third-order valence-electron chi connectivity index (χ3n) is 7.62. The van der Waals surface area contributed by atoms with Crippen molar-refractivity contribution in [1.82, 2.24) is 14.5 Å². The second-order valence-corrected chi connectivity index (χ2v) is 10.9. The maximum atomic E-state index is 13.3. The van der Waals surface area contributed by atoms with E-state index in [2.05, 4.69) is 21.3 Å². The summed E-state index contributed by atoms with van der Waals surface area (Å²) in [6, 6.07) is 13.4. The molecule has 1 N–H and O–H groups in total. The first-order chi connectivity index (χ1) is 19.1. The summed E-state index contributed by atoms with van der Waals surface area (Å²) in [6.07, 6.45) is 3.56. The van der Waals surface area contributed by atoms with Gasteiger partial charge in [0.15, 0.2) is 0 Å². The Kier molecular flexibility index (Phi) is 7.33. The van der Waals surface area contributed by atoms with Gasteiger partial charge in [-0.25, -0.2) is 0 Å². The Bertz CT molecular complexity index is 1650. The van der Waals surface area contributed by atoms with Crippen molar-refractivity contribution in [2.45, 2.75) is 54.3 Å². The molecule has 9 heteroatoms. The van der Waals surface area contributed by atoms with E-state index >= 15 is 0 Å². The number of fused-ring (bicyclic) bond motifs is 2. The molecule has 2 amide bonds. The van der Waals surface area contributed by atoms with Crippen molar-refractivity contribution in [2.75, 3.05) is 23.3 Å². The minimum Gasteiger partial charge on any atom is -0.461 e. The fraction of sp³-hybridized carbons (Fsp3) is 0.355. The van der Waals surface area contributed by atoms with E-state index in [4.69, 9.17) is 4.42 Å². The molecule has 9 nitrogen and oxygen atoms in total. The second-order valence-electron chi connectivity index (χ2n) is 10.9. The molecule has 5 rings (SSSR count). The lowest BCUT2D eigenvalue weighted by molar-refractivity contribution is -0.136. The van der Waals surface area contributed by atoms with Crippen LogP contribution in [0.15, 0.2) is 64.1 Å². The molecule has 0 unspecified atom stereocenters. The van der Waals surface area contributed by atoms with Gasteiger partial charge in [-0.05, 0) is 76.1 Å². The van der Waals surface area contributed by atoms with E-state index in [-0.39, 0.29) is 17.4 Å². The second kappa shape index (κ2) is 10.7. The lowest BCUT2D eigenvalue weighted by Gasteiger charge is -2.27. The van der Waals surface area contributed by atoms with E-state index in [1.54, 1.807) is 41.8 Å². The van der Waals surface area contributed by atoms with Gasteiger partial charge in [0.2, 0.25) is 11.8 Å². The number of pyridine rings is 2. The van der Waals surface area contributed by atoms with Gasteiger partial charge in [0, 0.05) is 50.8 Å². The van der Waals surface area contributed by atoms with Crippen molar-refractivity contribution in [2.24, 2.45) is 5.41 Å². The molecule has 0 saturated carbocycles. The molecule has 0 saturated heterocycles. The minimum absolute atomic E-state index is 0.0765. The zero-order chi connectivity index (χ0) is 28.6. The van der Waals surface area contributed by atoms with Gasteiger partial charge < -0.3 is 19.2 Å². The van der Waals surface area contributed by atoms with Crippen molar-refractivity contribution in [3.8, 4) is 0 Å². The number of nitrogens with zero attached hydrogens (tertiary/aromatic N) is 4. The molecule has 4 heterocycles. The Morgan fingerprint density at radius 3 is 2.60 bits per heavy atom. The minimum atomic E-state index is -1.17. The van der Waals surface area contributed by atoms with Crippen LogP contribution < -0.4 is 15.8 Å². The Labute approximate surface area is 233 Å². The molecule has 0 fully saturated rings. The smallest absolute Gasteiger partial charge is 0.261 e. The Hall–Kier alpha value is -4.24. The highest BCUT2D eigenvalue weighted by atomic mass is 16.3. The molecule has 0 bridgehead atoms. The number of carbonyl (C=O) groups is 2. The highest BCUT2D eigenvalue weighted by molar-refractivity contribution is 6.19. The van der Waals surface area contributed by atoms with Crippen molar-refractivity contribution in [3.05, 3.63) is 87.8 Å². The molecule has 4 aromatic rings. The average molecular weight is 542 g/mol. The molecule has 1 aromatic carbocycles. The van der Waals surface area contributed by atoms with E-state index in [1.807, 2.05) is 51.1 Å². The van der Waals surface area contributed by atoms with Crippen molar-refractivity contribution in [3.63, 3.8) is 0 Å². The number of rotatable bonds is 8. The first-order valence-corrected chi connectivity index (χ1v) is 13.6. The number of benzene rings is 1. The summed E-state index contributed by atoms with van der Waals surface area (Å²) in [5.74, 6) is 0.169. The molecule has 0 spiro atoms. The van der Waals surface area contributed by atoms with E-state index in [1.165, 1.54) is 0 Å². The van der Waals surface area contributed by atoms with Crippen LogP contribution in [0, 0.1) is 19.3 Å². The third kappa shape index (κ3) is 5.16. The van der Waals surface area contributed by atoms with E-state index in [9.17, 15) is 14.4 Å². The number of furan rings is 1. The number of carbonyl (C=O) groups excluding carboxylic acids is 2. The summed E-state index contributed by atoms with van der Waals surface area (Å²) < 4.78 is 7.33. The molecular formula is C31H35N5O4. The summed E-state index contributed by atoms with van der Waals surface area (Å²) in [5, 5.41) is 3.51. The molecule has 208 valence electrons. The fourth-order valence-corrected chi connectivity index (χ4v) is 5.17. The number of aromatic nitrogens is 2. The van der Waals surface area contributed by atoms with Crippen molar-refractivity contribution in [1.29, 1.82) is 0 Å². The van der Waals surface area contributed by atoms with Gasteiger partial charge in [0.05, 0.1) is 16.8 Å². The number of aryl methyl sites for hydroxylation is 2. The maximum Gasteiger partial charge on any atom is 0.261 e. The highest BCUT2D eigenvalue weighted by Crippen LogP contribution is 2.36. The van der Waals surface area contributed by atoms with Crippen LogP contribution in [0.3, 0.4) is 0 Å². The maximum absolute atomic E-state index is 13.3. The van der Waals surface area contributed by atoms with Gasteiger partial charge in [-0.15, -0.1) is 0 Å². The van der Waals surface area contributed by atoms with Gasteiger partial charge in [0.1, 0.15) is 16.8 Å². The van der Waals surface area contributed by atoms with E-state index in [0.717, 1.165) is 16.8 Å². The van der Waals surface area contributed by atoms with Gasteiger partial charge in [-0.2, -0.15) is 0 Å². The Morgan fingerprint density at radius 2 is 1.85 bits per heavy atom. The normalized spacial score (nSPS) is 14.9. The topological polar surface area (TPSA) is 101 Å². The lowest BCUT2D eigenvalue weighted by Crippen LogP contribution is -2.45. The van der Waals surface area contributed by atoms with Crippen LogP contribution in [0.2, 0.25) is 0 Å². The Balaban J connectivity index is 1.45. The summed E-state index contributed by atoms with van der Waals surface area (Å²) in [4.78, 5) is 47.6. The third-order valence-corrected chi connectivity index (χ3v) is 7.62. The summed E-state index contributed by atoms with van der Waals surface area (Å²) in [5.41, 5.74) is 3.72. The summed E-state index contributed by atoms with van der Waals surface area (Å²) >= 11 is 0. The first kappa shape index (κ1) is 27.3. The van der Waals surface area contributed by atoms with E-state index in [0.29, 0.717) is 60.8 Å². The molecule has 0 radical (unpaired) electrons. The number of hydrogen-bond donors (Lipinski definition) is 1. The van der Waals surface area contributed by atoms with Crippen LogP contribution in [-0.2, 0) is 29.2 Å². The quantitative estimate of drug-likeness (QED) is 0.326. The Morgan fingerprint density at radius 1 is 1.05 bits per heavy atom. The monoisotopic (exact) mass is 541 g/mol. The molecule has 3 aromatic heterocycles. The summed E-state index contributed by atoms with van der Waals surface area (Å²) in [7, 11) is 0. The predicted molar refractivity (Wildman–Crippen MR) is 155 cm³/mol. The highest BCUT2D eigenvalue weighted by Gasteiger charge is 2.42. The van der Waals surface area contributed by atoms with Gasteiger partial charge in [-0.3, -0.25) is 24.3 Å². The molecule has 1 aliphatic rings. The zero-order valence-corrected chi connectivity index (χ0v) is 23.7. The SMILES string of the molecule is CCN1C(=O)C(C)(C)C(=O)Nc2ccc(CN(CCn3ccc4oc(C)cc4c3=O)Cc3cccnc3C)cc21. The van der Waals surface area contributed by atoms with Crippen LogP contribution in [-0.4, -0.2) is 39.4 Å². The van der Waals surface area contributed by atoms with Crippen molar-refractivity contribution >= 4 is 34.2 Å². The van der Waals surface area contributed by atoms with Crippen LogP contribution in [0.5, 0.6) is 0 Å². The fourth-order valence-electron chi connectivity index (χ4n) is 5.17. The van der Waals surface area contributed by atoms with Gasteiger partial charge in [-0.1, -0.05) is 12.1 Å². The van der Waals surface area contributed by atoms with Crippen LogP contribution in [0.4, 0.5) is 11.4 Å². The van der Waals surface area contributed by atoms with Crippen LogP contribution >= 0.6 is 0 Å². The standard InChI is InChI=1S/C31H35N5O4/c1-6-36-26-17-22(9-10-25(26)33-29(38)31(4,5)30(36)39)18-34(19-23-8-7-12-32-21(23)3)14-15-35-13-11-27-24(28(35)37)16-20(2)40-27/h7-13,16-17H,6,14-15,18-19H2,1-5H3,(H,33,38). The average Bonchev–Trinajstić information content (AvgIpc) is 3.29. The van der Waals surface area contributed by atoms with E-state index < -0.39 is 5.41 Å². The predicted octanol–water partition coefficient (Wildman–Crippen LogP) is 4.64. The first-order valence-electron chi connectivity index (χ1n) is 13.6. The van der Waals surface area contributed by atoms with Crippen molar-refractivity contribution < 1.29 is 14.0 Å².